The summed E-state index contributed by atoms with van der Waals surface area (Å²) in [4.78, 5) is 24.2. The van der Waals surface area contributed by atoms with Crippen molar-refractivity contribution in [1.29, 1.82) is 0 Å². The third-order valence-electron chi connectivity index (χ3n) is 6.36. The van der Waals surface area contributed by atoms with Crippen molar-refractivity contribution in [2.24, 2.45) is 4.99 Å². The van der Waals surface area contributed by atoms with Crippen LogP contribution in [0.15, 0.2) is 4.99 Å². The second-order valence-corrected chi connectivity index (χ2v) is 8.50. The summed E-state index contributed by atoms with van der Waals surface area (Å²) in [6, 6.07) is -0.0212. The highest BCUT2D eigenvalue weighted by Gasteiger charge is 2.30. The van der Waals surface area contributed by atoms with E-state index in [1.165, 1.54) is 0 Å². The first-order valence-corrected chi connectivity index (χ1v) is 11.9. The first kappa shape index (κ1) is 26.6. The lowest BCUT2D eigenvalue weighted by Crippen LogP contribution is -2.57. The normalized spacial score (nSPS) is 22.3. The number of amides is 1. The number of ether oxygens (including phenoxy) is 2. The number of carbonyl (C=O) groups excluding carboxylic acids is 1. The van der Waals surface area contributed by atoms with Gasteiger partial charge in [-0.3, -0.25) is 14.7 Å². The molecule has 0 aromatic carbocycles. The molecular formula is C22H42IN5O3. The molecule has 180 valence electrons. The molecule has 31 heavy (non-hydrogen) atoms. The molecule has 0 aromatic rings. The molecule has 9 heteroatoms. The highest BCUT2D eigenvalue weighted by atomic mass is 127. The zero-order valence-corrected chi connectivity index (χ0v) is 21.7. The van der Waals surface area contributed by atoms with E-state index in [0.717, 1.165) is 110 Å². The minimum atomic E-state index is -0.0212. The van der Waals surface area contributed by atoms with Gasteiger partial charge in [-0.15, -0.1) is 24.0 Å². The SMILES string of the molecule is CCNC(=NCCCOC1CCOCC1)N1CCN(C(C)C(=O)N2CCCC2)CC1.I. The average molecular weight is 552 g/mol. The minimum Gasteiger partial charge on any atom is -0.381 e. The molecule has 3 rings (SSSR count). The van der Waals surface area contributed by atoms with Gasteiger partial charge in [-0.25, -0.2) is 0 Å². The summed E-state index contributed by atoms with van der Waals surface area (Å²) in [5.41, 5.74) is 0. The molecule has 0 aliphatic carbocycles. The smallest absolute Gasteiger partial charge is 0.239 e. The van der Waals surface area contributed by atoms with Crippen LogP contribution in [0.4, 0.5) is 0 Å². The van der Waals surface area contributed by atoms with Crippen LogP contribution in [-0.2, 0) is 14.3 Å². The Morgan fingerprint density at radius 3 is 2.42 bits per heavy atom. The molecule has 3 fully saturated rings. The number of piperazine rings is 1. The van der Waals surface area contributed by atoms with Gasteiger partial charge in [0.15, 0.2) is 5.96 Å². The van der Waals surface area contributed by atoms with Crippen LogP contribution >= 0.6 is 24.0 Å². The van der Waals surface area contributed by atoms with Crippen LogP contribution in [0.25, 0.3) is 0 Å². The van der Waals surface area contributed by atoms with Crippen molar-refractivity contribution < 1.29 is 14.3 Å². The van der Waals surface area contributed by atoms with E-state index >= 15 is 0 Å². The lowest BCUT2D eigenvalue weighted by Gasteiger charge is -2.39. The predicted molar refractivity (Wildman–Crippen MR) is 134 cm³/mol. The number of aliphatic imine (C=N–C) groups is 1. The van der Waals surface area contributed by atoms with E-state index in [1.807, 2.05) is 4.90 Å². The number of hydrogen-bond acceptors (Lipinski definition) is 5. The maximum absolute atomic E-state index is 12.7. The standard InChI is InChI=1S/C22H41N5O3.HI/c1-3-23-22(24-9-6-16-30-20-7-17-29-18-8-20)27-14-12-25(13-15-27)19(2)21(28)26-10-4-5-11-26;/h19-20H,3-18H2,1-2H3,(H,23,24);1H. The maximum Gasteiger partial charge on any atom is 0.239 e. The zero-order valence-electron chi connectivity index (χ0n) is 19.4. The van der Waals surface area contributed by atoms with E-state index in [9.17, 15) is 4.79 Å². The molecule has 1 atom stereocenters. The molecule has 1 unspecified atom stereocenters. The molecule has 3 heterocycles. The Morgan fingerprint density at radius 1 is 1.10 bits per heavy atom. The fourth-order valence-electron chi connectivity index (χ4n) is 4.45. The highest BCUT2D eigenvalue weighted by Crippen LogP contribution is 2.14. The Kier molecular flexibility index (Phi) is 12.4. The van der Waals surface area contributed by atoms with Gasteiger partial charge in [0.2, 0.25) is 5.91 Å². The first-order chi connectivity index (χ1) is 14.7. The Labute approximate surface area is 205 Å². The van der Waals surface area contributed by atoms with Crippen LogP contribution in [0.1, 0.15) is 46.0 Å². The van der Waals surface area contributed by atoms with Gasteiger partial charge in [0.05, 0.1) is 12.1 Å². The largest absolute Gasteiger partial charge is 0.381 e. The molecular weight excluding hydrogens is 509 g/mol. The molecule has 3 aliphatic rings. The average Bonchev–Trinajstić information content (AvgIpc) is 3.33. The maximum atomic E-state index is 12.7. The summed E-state index contributed by atoms with van der Waals surface area (Å²) in [5.74, 6) is 1.28. The summed E-state index contributed by atoms with van der Waals surface area (Å²) in [6.45, 7) is 13.7. The van der Waals surface area contributed by atoms with E-state index in [1.54, 1.807) is 0 Å². The van der Waals surface area contributed by atoms with Crippen molar-refractivity contribution >= 4 is 35.8 Å². The van der Waals surface area contributed by atoms with Crippen molar-refractivity contribution in [2.45, 2.75) is 58.1 Å². The topological polar surface area (TPSA) is 69.6 Å². The molecule has 0 radical (unpaired) electrons. The molecule has 3 aliphatic heterocycles. The van der Waals surface area contributed by atoms with Gasteiger partial charge in [-0.1, -0.05) is 0 Å². The monoisotopic (exact) mass is 551 g/mol. The number of guanidine groups is 1. The third-order valence-corrected chi connectivity index (χ3v) is 6.36. The van der Waals surface area contributed by atoms with E-state index in [2.05, 4.69) is 29.0 Å². The van der Waals surface area contributed by atoms with Crippen LogP contribution in [0.5, 0.6) is 0 Å². The molecule has 0 aromatic heterocycles. The van der Waals surface area contributed by atoms with Gasteiger partial charge in [-0.2, -0.15) is 0 Å². The lowest BCUT2D eigenvalue weighted by molar-refractivity contribution is -0.135. The Bertz CT molecular complexity index is 545. The Morgan fingerprint density at radius 2 is 1.77 bits per heavy atom. The zero-order chi connectivity index (χ0) is 21.2. The number of hydrogen-bond donors (Lipinski definition) is 1. The summed E-state index contributed by atoms with van der Waals surface area (Å²) >= 11 is 0. The van der Waals surface area contributed by atoms with Gasteiger partial charge >= 0.3 is 0 Å². The minimum absolute atomic E-state index is 0. The predicted octanol–water partition coefficient (Wildman–Crippen LogP) is 1.78. The van der Waals surface area contributed by atoms with Crippen LogP contribution in [-0.4, -0.2) is 111 Å². The van der Waals surface area contributed by atoms with E-state index in [4.69, 9.17) is 14.5 Å². The number of rotatable bonds is 8. The van der Waals surface area contributed by atoms with Gasteiger partial charge in [0.1, 0.15) is 0 Å². The van der Waals surface area contributed by atoms with Gasteiger partial charge in [0.25, 0.3) is 0 Å². The van der Waals surface area contributed by atoms with Crippen LogP contribution in [0.2, 0.25) is 0 Å². The van der Waals surface area contributed by atoms with E-state index < -0.39 is 0 Å². The van der Waals surface area contributed by atoms with Gasteiger partial charge < -0.3 is 24.6 Å². The quantitative estimate of drug-likeness (QED) is 0.215. The molecule has 1 amide bonds. The number of nitrogens with one attached hydrogen (secondary N) is 1. The summed E-state index contributed by atoms with van der Waals surface area (Å²) < 4.78 is 11.3. The Balaban J connectivity index is 0.00000341. The lowest BCUT2D eigenvalue weighted by atomic mass is 10.1. The van der Waals surface area contributed by atoms with Gasteiger partial charge in [-0.05, 0) is 46.0 Å². The van der Waals surface area contributed by atoms with E-state index in [0.29, 0.717) is 12.0 Å². The number of carbonyl (C=O) groups is 1. The fraction of sp³-hybridized carbons (Fsp3) is 0.909. The Hall–Kier alpha value is -0.650. The molecule has 0 bridgehead atoms. The number of nitrogens with zero attached hydrogens (tertiary/aromatic N) is 4. The molecule has 0 saturated carbocycles. The van der Waals surface area contributed by atoms with E-state index in [-0.39, 0.29) is 30.0 Å². The fourth-order valence-corrected chi connectivity index (χ4v) is 4.45. The first-order valence-electron chi connectivity index (χ1n) is 11.9. The highest BCUT2D eigenvalue weighted by molar-refractivity contribution is 14.0. The summed E-state index contributed by atoms with van der Waals surface area (Å²) in [7, 11) is 0. The summed E-state index contributed by atoms with van der Waals surface area (Å²) in [5, 5.41) is 3.43. The summed E-state index contributed by atoms with van der Waals surface area (Å²) in [6.07, 6.45) is 5.61. The molecule has 0 spiro atoms. The third kappa shape index (κ3) is 8.33. The van der Waals surface area contributed by atoms with Crippen molar-refractivity contribution in [3.63, 3.8) is 0 Å². The van der Waals surface area contributed by atoms with Crippen molar-refractivity contribution in [1.82, 2.24) is 20.0 Å². The molecule has 1 N–H and O–H groups in total. The van der Waals surface area contributed by atoms with Crippen LogP contribution < -0.4 is 5.32 Å². The number of halogens is 1. The second kappa shape index (κ2) is 14.5. The van der Waals surface area contributed by atoms with Gasteiger partial charge in [0, 0.05) is 72.2 Å². The molecule has 3 saturated heterocycles. The molecule has 8 nitrogen and oxygen atoms in total. The van der Waals surface area contributed by atoms with Crippen molar-refractivity contribution in [3.8, 4) is 0 Å². The second-order valence-electron chi connectivity index (χ2n) is 8.50. The van der Waals surface area contributed by atoms with Crippen LogP contribution in [0, 0.1) is 0 Å². The van der Waals surface area contributed by atoms with Crippen LogP contribution in [0.3, 0.4) is 0 Å². The van der Waals surface area contributed by atoms with Crippen molar-refractivity contribution in [3.05, 3.63) is 0 Å². The van der Waals surface area contributed by atoms with Crippen molar-refractivity contribution in [2.75, 3.05) is 72.2 Å². The number of likely N-dealkylation sites (tertiary alicyclic amines) is 1.